The zero-order valence-corrected chi connectivity index (χ0v) is 11.1. The molecule has 1 atom stereocenters. The zero-order valence-electron chi connectivity index (χ0n) is 11.1. The number of likely N-dealkylation sites (tertiary alicyclic amines) is 1. The third-order valence-corrected chi connectivity index (χ3v) is 3.55. The van der Waals surface area contributed by atoms with Crippen molar-refractivity contribution in [1.82, 2.24) is 19.6 Å². The van der Waals surface area contributed by atoms with Gasteiger partial charge in [-0.2, -0.15) is 0 Å². The monoisotopic (exact) mass is 274 g/mol. The van der Waals surface area contributed by atoms with Crippen LogP contribution in [-0.4, -0.2) is 38.6 Å². The molecule has 0 saturated carbocycles. The zero-order chi connectivity index (χ0) is 14.3. The summed E-state index contributed by atoms with van der Waals surface area (Å²) in [6.07, 6.45) is 3.62. The molecular formula is C13H14N4O3. The van der Waals surface area contributed by atoms with Crippen LogP contribution in [0.1, 0.15) is 18.2 Å². The van der Waals surface area contributed by atoms with Crippen LogP contribution >= 0.6 is 0 Å². The summed E-state index contributed by atoms with van der Waals surface area (Å²) in [4.78, 5) is 30.4. The highest BCUT2D eigenvalue weighted by Gasteiger charge is 2.33. The molecule has 1 fully saturated rings. The topological polar surface area (TPSA) is 81.2 Å². The number of amides is 1. The van der Waals surface area contributed by atoms with Gasteiger partial charge in [-0.15, -0.1) is 6.58 Å². The molecule has 1 aliphatic rings. The van der Waals surface area contributed by atoms with Crippen molar-refractivity contribution >= 4 is 17.0 Å². The maximum atomic E-state index is 12.4. The lowest BCUT2D eigenvalue weighted by molar-refractivity contribution is -0.130. The average Bonchev–Trinajstić information content (AvgIpc) is 2.97. The van der Waals surface area contributed by atoms with Gasteiger partial charge in [0.1, 0.15) is 17.8 Å². The van der Waals surface area contributed by atoms with E-state index in [1.807, 2.05) is 0 Å². The molecule has 20 heavy (non-hydrogen) atoms. The van der Waals surface area contributed by atoms with E-state index < -0.39 is 6.04 Å². The smallest absolute Gasteiger partial charge is 0.267 e. The molecule has 1 unspecified atom stereocenters. The number of hydrogen-bond donors (Lipinski definition) is 0. The van der Waals surface area contributed by atoms with Crippen LogP contribution in [0.5, 0.6) is 0 Å². The number of rotatable bonds is 3. The van der Waals surface area contributed by atoms with Crippen LogP contribution in [0.3, 0.4) is 0 Å². The highest BCUT2D eigenvalue weighted by molar-refractivity contribution is 5.83. The number of hydrogen-bond acceptors (Lipinski definition) is 5. The van der Waals surface area contributed by atoms with Gasteiger partial charge in [0.05, 0.1) is 5.69 Å². The second kappa shape index (κ2) is 4.59. The molecule has 7 heteroatoms. The Morgan fingerprint density at radius 2 is 2.35 bits per heavy atom. The lowest BCUT2D eigenvalue weighted by atomic mass is 10.2. The Labute approximate surface area is 114 Å². The lowest BCUT2D eigenvalue weighted by Gasteiger charge is -2.15. The molecule has 1 amide bonds. The van der Waals surface area contributed by atoms with E-state index in [-0.39, 0.29) is 17.2 Å². The van der Waals surface area contributed by atoms with Crippen LogP contribution in [0.15, 0.2) is 28.3 Å². The van der Waals surface area contributed by atoms with Crippen LogP contribution in [0.2, 0.25) is 0 Å². The quantitative estimate of drug-likeness (QED) is 0.768. The average molecular weight is 274 g/mol. The molecule has 0 radical (unpaired) electrons. The van der Waals surface area contributed by atoms with Crippen molar-refractivity contribution in [3.05, 3.63) is 35.0 Å². The number of fused-ring (bicyclic) bond motifs is 1. The highest BCUT2D eigenvalue weighted by Crippen LogP contribution is 2.22. The molecule has 0 spiro atoms. The van der Waals surface area contributed by atoms with Gasteiger partial charge in [0.2, 0.25) is 5.91 Å². The Morgan fingerprint density at radius 3 is 3.10 bits per heavy atom. The van der Waals surface area contributed by atoms with Gasteiger partial charge in [-0.25, -0.2) is 4.98 Å². The summed E-state index contributed by atoms with van der Waals surface area (Å²) in [6.45, 7) is 6.41. The summed E-state index contributed by atoms with van der Waals surface area (Å²) in [6, 6.07) is -0.506. The van der Waals surface area contributed by atoms with Crippen molar-refractivity contribution < 1.29 is 9.32 Å². The minimum absolute atomic E-state index is 0.0812. The first-order valence-electron chi connectivity index (χ1n) is 6.36. The highest BCUT2D eigenvalue weighted by atomic mass is 16.5. The van der Waals surface area contributed by atoms with Crippen LogP contribution in [0.25, 0.3) is 11.1 Å². The van der Waals surface area contributed by atoms with Gasteiger partial charge >= 0.3 is 0 Å². The molecule has 2 aromatic rings. The van der Waals surface area contributed by atoms with E-state index >= 15 is 0 Å². The Kier molecular flexibility index (Phi) is 2.89. The summed E-state index contributed by atoms with van der Waals surface area (Å²) in [5.74, 6) is -0.0812. The number of aromatic nitrogens is 3. The molecule has 0 bridgehead atoms. The van der Waals surface area contributed by atoms with E-state index in [1.54, 1.807) is 17.9 Å². The van der Waals surface area contributed by atoms with Gasteiger partial charge < -0.3 is 9.42 Å². The van der Waals surface area contributed by atoms with E-state index in [0.717, 1.165) is 0 Å². The van der Waals surface area contributed by atoms with Crippen LogP contribution < -0.4 is 5.56 Å². The van der Waals surface area contributed by atoms with Crippen molar-refractivity contribution in [1.29, 1.82) is 0 Å². The lowest BCUT2D eigenvalue weighted by Crippen LogP contribution is -2.33. The molecule has 7 nitrogen and oxygen atoms in total. The summed E-state index contributed by atoms with van der Waals surface area (Å²) >= 11 is 0. The van der Waals surface area contributed by atoms with Gasteiger partial charge in [0.25, 0.3) is 11.3 Å². The third-order valence-electron chi connectivity index (χ3n) is 3.55. The molecule has 2 aromatic heterocycles. The SMILES string of the molecule is C=CCN1CCC(n2cnc3onc(C)c3c2=O)C1=O. The third kappa shape index (κ3) is 1.74. The van der Waals surface area contributed by atoms with Crippen molar-refractivity contribution in [3.63, 3.8) is 0 Å². The Bertz CT molecular complexity index is 746. The Hall–Kier alpha value is -2.44. The van der Waals surface area contributed by atoms with Crippen LogP contribution in [0, 0.1) is 6.92 Å². The first-order chi connectivity index (χ1) is 9.63. The molecule has 1 saturated heterocycles. The second-order valence-corrected chi connectivity index (χ2v) is 4.78. The fourth-order valence-electron chi connectivity index (χ4n) is 2.53. The summed E-state index contributed by atoms with van der Waals surface area (Å²) in [5, 5.41) is 4.06. The molecule has 0 N–H and O–H groups in total. The first kappa shape index (κ1) is 12.6. The Morgan fingerprint density at radius 1 is 1.55 bits per heavy atom. The van der Waals surface area contributed by atoms with Gasteiger partial charge in [-0.05, 0) is 13.3 Å². The maximum absolute atomic E-state index is 12.4. The summed E-state index contributed by atoms with van der Waals surface area (Å²) in [5.41, 5.74) is 0.407. The largest absolute Gasteiger partial charge is 0.337 e. The minimum Gasteiger partial charge on any atom is -0.337 e. The van der Waals surface area contributed by atoms with E-state index in [9.17, 15) is 9.59 Å². The van der Waals surface area contributed by atoms with Crippen molar-refractivity contribution in [2.24, 2.45) is 0 Å². The summed E-state index contributed by atoms with van der Waals surface area (Å²) in [7, 11) is 0. The molecule has 0 aliphatic carbocycles. The maximum Gasteiger partial charge on any atom is 0.267 e. The second-order valence-electron chi connectivity index (χ2n) is 4.78. The molecule has 3 heterocycles. The van der Waals surface area contributed by atoms with Gasteiger partial charge in [-0.3, -0.25) is 14.2 Å². The normalized spacial score (nSPS) is 18.9. The Balaban J connectivity index is 2.05. The van der Waals surface area contributed by atoms with Crippen LogP contribution in [0.4, 0.5) is 0 Å². The number of aryl methyl sites for hydroxylation is 1. The van der Waals surface area contributed by atoms with Gasteiger partial charge in [0.15, 0.2) is 0 Å². The van der Waals surface area contributed by atoms with E-state index in [2.05, 4.69) is 16.7 Å². The molecule has 3 rings (SSSR count). The molecule has 0 aromatic carbocycles. The minimum atomic E-state index is -0.506. The first-order valence-corrected chi connectivity index (χ1v) is 6.36. The van der Waals surface area contributed by atoms with Crippen molar-refractivity contribution in [3.8, 4) is 0 Å². The molecular weight excluding hydrogens is 260 g/mol. The van der Waals surface area contributed by atoms with E-state index in [4.69, 9.17) is 4.52 Å². The fourth-order valence-corrected chi connectivity index (χ4v) is 2.53. The van der Waals surface area contributed by atoms with Gasteiger partial charge in [-0.1, -0.05) is 11.2 Å². The van der Waals surface area contributed by atoms with Crippen molar-refractivity contribution in [2.75, 3.05) is 13.1 Å². The van der Waals surface area contributed by atoms with Crippen LogP contribution in [-0.2, 0) is 4.79 Å². The van der Waals surface area contributed by atoms with Gasteiger partial charge in [0, 0.05) is 13.1 Å². The standard InChI is InChI=1S/C13H14N4O3/c1-3-5-16-6-4-9(12(16)18)17-7-14-11-10(13(17)19)8(2)15-20-11/h3,7,9H,1,4-6H2,2H3. The molecule has 104 valence electrons. The van der Waals surface area contributed by atoms with Crippen molar-refractivity contribution in [2.45, 2.75) is 19.4 Å². The predicted octanol–water partition coefficient (Wildman–Crippen LogP) is 0.652. The number of carbonyl (C=O) groups excluding carboxylic acids is 1. The number of carbonyl (C=O) groups is 1. The van der Waals surface area contributed by atoms with E-state index in [0.29, 0.717) is 30.6 Å². The summed E-state index contributed by atoms with van der Waals surface area (Å²) < 4.78 is 6.32. The predicted molar refractivity (Wildman–Crippen MR) is 71.2 cm³/mol. The van der Waals surface area contributed by atoms with E-state index in [1.165, 1.54) is 10.9 Å². The fraction of sp³-hybridized carbons (Fsp3) is 0.385. The molecule has 1 aliphatic heterocycles. The number of nitrogens with zero attached hydrogens (tertiary/aromatic N) is 4.